The number of fused-ring (bicyclic) bond motifs is 2. The molecule has 2 bridgehead atoms. The highest BCUT2D eigenvalue weighted by atomic mass is 16.7. The number of aliphatic hydroxyl groups excluding tert-OH is 2. The molecular weight excluding hydrogens is 560 g/mol. The minimum absolute atomic E-state index is 0.0837. The SMILES string of the molecule is CC1=C[C@H]2C(=O)O[C@H]3C[C@@H](C/C=C(\C)[C@H](O)[C@@H](C)/C=C/C=C4\CO[C@H]([C@@H]1O)[C@@]42O)O[C@@]1(CC[C@H](C)[C@@H](C2CCCCC2)O1)C3. The van der Waals surface area contributed by atoms with E-state index in [-0.39, 0.29) is 24.7 Å². The van der Waals surface area contributed by atoms with Crippen LogP contribution in [0.15, 0.2) is 47.1 Å². The molecule has 0 aromatic rings. The van der Waals surface area contributed by atoms with Gasteiger partial charge in [-0.3, -0.25) is 4.79 Å². The third-order valence-corrected chi connectivity index (χ3v) is 11.4. The lowest BCUT2D eigenvalue weighted by molar-refractivity contribution is -0.342. The summed E-state index contributed by atoms with van der Waals surface area (Å²) in [4.78, 5) is 14.1. The Hall–Kier alpha value is -1.81. The van der Waals surface area contributed by atoms with Crippen molar-refractivity contribution in [2.45, 2.75) is 140 Å². The first kappa shape index (κ1) is 32.1. The van der Waals surface area contributed by atoms with Gasteiger partial charge in [-0.1, -0.05) is 63.5 Å². The van der Waals surface area contributed by atoms with E-state index < -0.39 is 47.7 Å². The van der Waals surface area contributed by atoms with Crippen LogP contribution in [0, 0.1) is 23.7 Å². The fourth-order valence-electron chi connectivity index (χ4n) is 8.67. The Bertz CT molecular complexity index is 1200. The van der Waals surface area contributed by atoms with Gasteiger partial charge in [0.25, 0.3) is 0 Å². The number of carbonyl (C=O) groups excluding carboxylic acids is 1. The fraction of sp³-hybridized carbons (Fsp3) is 0.750. The van der Waals surface area contributed by atoms with Crippen LogP contribution in [0.5, 0.6) is 0 Å². The van der Waals surface area contributed by atoms with Crippen LogP contribution in [0.1, 0.15) is 91.9 Å². The van der Waals surface area contributed by atoms with Crippen molar-refractivity contribution in [3.8, 4) is 0 Å². The van der Waals surface area contributed by atoms with Crippen molar-refractivity contribution in [3.05, 3.63) is 47.1 Å². The molecule has 244 valence electrons. The molecular formula is C36H52O8. The fourth-order valence-corrected chi connectivity index (χ4v) is 8.67. The van der Waals surface area contributed by atoms with Gasteiger partial charge in [-0.2, -0.15) is 0 Å². The molecule has 8 nitrogen and oxygen atoms in total. The Kier molecular flexibility index (Phi) is 9.33. The van der Waals surface area contributed by atoms with Crippen LogP contribution in [0.2, 0.25) is 0 Å². The van der Waals surface area contributed by atoms with E-state index in [1.54, 1.807) is 25.2 Å². The van der Waals surface area contributed by atoms with Gasteiger partial charge in [0.15, 0.2) is 5.79 Å². The van der Waals surface area contributed by atoms with Crippen LogP contribution in [0.4, 0.5) is 0 Å². The first-order chi connectivity index (χ1) is 21.0. The maximum Gasteiger partial charge on any atom is 0.316 e. The van der Waals surface area contributed by atoms with Crippen LogP contribution < -0.4 is 0 Å². The number of ether oxygens (including phenoxy) is 4. The summed E-state index contributed by atoms with van der Waals surface area (Å²) < 4.78 is 26.0. The van der Waals surface area contributed by atoms with Crippen molar-refractivity contribution in [2.75, 3.05) is 6.61 Å². The zero-order valence-electron chi connectivity index (χ0n) is 26.8. The molecule has 0 amide bonds. The zero-order chi connectivity index (χ0) is 31.2. The lowest BCUT2D eigenvalue weighted by Gasteiger charge is -2.51. The van der Waals surface area contributed by atoms with Crippen molar-refractivity contribution < 1.29 is 39.1 Å². The van der Waals surface area contributed by atoms with E-state index in [0.717, 1.165) is 18.4 Å². The lowest BCUT2D eigenvalue weighted by Crippen LogP contribution is -2.58. The molecule has 3 N–H and O–H groups in total. The first-order valence-electron chi connectivity index (χ1n) is 17.0. The third kappa shape index (κ3) is 6.03. The smallest absolute Gasteiger partial charge is 0.316 e. The summed E-state index contributed by atoms with van der Waals surface area (Å²) in [5, 5.41) is 34.2. The maximum absolute atomic E-state index is 14.1. The molecule has 0 aromatic heterocycles. The number of hydrogen-bond donors (Lipinski definition) is 3. The molecule has 8 heteroatoms. The van der Waals surface area contributed by atoms with Gasteiger partial charge in [0, 0.05) is 25.2 Å². The number of aliphatic hydroxyl groups is 3. The van der Waals surface area contributed by atoms with Crippen molar-refractivity contribution in [3.63, 3.8) is 0 Å². The maximum atomic E-state index is 14.1. The van der Waals surface area contributed by atoms with Gasteiger partial charge in [0.2, 0.25) is 0 Å². The summed E-state index contributed by atoms with van der Waals surface area (Å²) in [6.07, 6.45) is 15.1. The topological polar surface area (TPSA) is 115 Å². The predicted octanol–water partition coefficient (Wildman–Crippen LogP) is 5.07. The van der Waals surface area contributed by atoms with Crippen LogP contribution in [-0.4, -0.2) is 75.9 Å². The van der Waals surface area contributed by atoms with Crippen LogP contribution >= 0.6 is 0 Å². The summed E-state index contributed by atoms with van der Waals surface area (Å²) in [7, 11) is 0. The quantitative estimate of drug-likeness (QED) is 0.278. The molecule has 0 unspecified atom stereocenters. The Morgan fingerprint density at radius 2 is 1.73 bits per heavy atom. The van der Waals surface area contributed by atoms with E-state index in [0.29, 0.717) is 42.2 Å². The van der Waals surface area contributed by atoms with E-state index in [1.807, 2.05) is 19.9 Å². The Morgan fingerprint density at radius 1 is 0.955 bits per heavy atom. The summed E-state index contributed by atoms with van der Waals surface area (Å²) in [5.74, 6) is -1.64. The van der Waals surface area contributed by atoms with E-state index in [2.05, 4.69) is 13.0 Å². The average molecular weight is 613 g/mol. The molecule has 0 radical (unpaired) electrons. The van der Waals surface area contributed by atoms with Gasteiger partial charge in [-0.15, -0.1) is 0 Å². The lowest BCUT2D eigenvalue weighted by atomic mass is 9.71. The van der Waals surface area contributed by atoms with Gasteiger partial charge >= 0.3 is 5.97 Å². The second-order valence-corrected chi connectivity index (χ2v) is 14.6. The van der Waals surface area contributed by atoms with E-state index in [4.69, 9.17) is 18.9 Å². The molecule has 44 heavy (non-hydrogen) atoms. The van der Waals surface area contributed by atoms with Gasteiger partial charge < -0.3 is 34.3 Å². The van der Waals surface area contributed by atoms with Crippen LogP contribution in [-0.2, 0) is 23.7 Å². The summed E-state index contributed by atoms with van der Waals surface area (Å²) >= 11 is 0. The minimum Gasteiger partial charge on any atom is -0.462 e. The predicted molar refractivity (Wildman–Crippen MR) is 165 cm³/mol. The molecule has 1 spiro atoms. The molecule has 4 aliphatic heterocycles. The monoisotopic (exact) mass is 612 g/mol. The third-order valence-electron chi connectivity index (χ3n) is 11.4. The van der Waals surface area contributed by atoms with Crippen molar-refractivity contribution in [1.82, 2.24) is 0 Å². The number of esters is 1. The van der Waals surface area contributed by atoms with E-state index in [1.165, 1.54) is 32.1 Å². The first-order valence-corrected chi connectivity index (χ1v) is 17.0. The van der Waals surface area contributed by atoms with Gasteiger partial charge in [-0.05, 0) is 68.1 Å². The van der Waals surface area contributed by atoms with Crippen LogP contribution in [0.25, 0.3) is 0 Å². The average Bonchev–Trinajstić information content (AvgIpc) is 3.35. The highest BCUT2D eigenvalue weighted by molar-refractivity contribution is 5.78. The zero-order valence-corrected chi connectivity index (χ0v) is 26.8. The number of rotatable bonds is 1. The van der Waals surface area contributed by atoms with Gasteiger partial charge in [0.05, 0.1) is 24.9 Å². The van der Waals surface area contributed by atoms with Gasteiger partial charge in [-0.25, -0.2) is 0 Å². The van der Waals surface area contributed by atoms with Crippen LogP contribution in [0.3, 0.4) is 0 Å². The summed E-state index contributed by atoms with van der Waals surface area (Å²) in [6.45, 7) is 8.01. The largest absolute Gasteiger partial charge is 0.462 e. The van der Waals surface area contributed by atoms with Crippen molar-refractivity contribution in [2.24, 2.45) is 23.7 Å². The second kappa shape index (κ2) is 12.8. The molecule has 4 fully saturated rings. The normalized spacial score (nSPS) is 48.8. The minimum atomic E-state index is -1.75. The van der Waals surface area contributed by atoms with E-state index >= 15 is 0 Å². The number of carbonyl (C=O) groups is 1. The molecule has 6 rings (SSSR count). The molecule has 0 aromatic carbocycles. The molecule has 6 aliphatic rings. The molecule has 3 saturated heterocycles. The Morgan fingerprint density at radius 3 is 2.50 bits per heavy atom. The van der Waals surface area contributed by atoms with Crippen molar-refractivity contribution in [1.29, 1.82) is 0 Å². The Labute approximate surface area is 262 Å². The standard InChI is InChI=1S/C36H52O8/c1-21-9-8-12-26-20-41-33-31(38)24(4)17-29(36(26,33)40)34(39)42-28-18-27(14-13-22(2)30(21)37)43-35(19-28)16-15-23(3)32(44-35)25-10-6-5-7-11-25/h8-9,12-13,17,21,23,25,27-33,37-38,40H,5-7,10-11,14-16,18-20H2,1-4H3/b9-8+,22-13+,26-12+/t21-,23-,27+,28-,29-,30+,31+,32-,33+,35+,36+/m0/s1. The molecule has 2 aliphatic carbocycles. The van der Waals surface area contributed by atoms with Crippen molar-refractivity contribution >= 4 is 5.97 Å². The van der Waals surface area contributed by atoms with Gasteiger partial charge in [0.1, 0.15) is 29.8 Å². The molecule has 4 heterocycles. The highest BCUT2D eigenvalue weighted by Crippen LogP contribution is 2.48. The highest BCUT2D eigenvalue weighted by Gasteiger charge is 2.60. The molecule has 1 saturated carbocycles. The number of hydrogen-bond acceptors (Lipinski definition) is 8. The summed E-state index contributed by atoms with van der Waals surface area (Å²) in [6, 6.07) is 0. The number of allylic oxidation sites excluding steroid dienone is 2. The molecule has 11 atom stereocenters. The van der Waals surface area contributed by atoms with E-state index in [9.17, 15) is 20.1 Å². The summed E-state index contributed by atoms with van der Waals surface area (Å²) in [5.41, 5.74) is 0.188. The Balaban J connectivity index is 1.35. The second-order valence-electron chi connectivity index (χ2n) is 14.6.